The standard InChI is InChI=1S/C19H19ClO6/c1-7-5-9-12(11(22)6-7)14-16(23)8-3-2-4-10(21)13(8)17(24)19(14,26)18(25)15(9)20/h2-4,7,14-15,17-18,21,24-26H,5-6H2,1H3/t7-,14-,15+,17-,18+,19-/m0/s1. The zero-order chi connectivity index (χ0) is 19.0. The molecule has 6 nitrogen and oxygen atoms in total. The molecule has 1 aromatic carbocycles. The number of rotatable bonds is 0. The number of ketones is 2. The fraction of sp³-hybridized carbons (Fsp3) is 0.474. The number of aliphatic hydroxyl groups excluding tert-OH is 2. The molecule has 7 heteroatoms. The number of Topliss-reactive ketones (excluding diaryl/α,β-unsaturated/α-hetero) is 2. The molecule has 0 aromatic heterocycles. The number of phenolic OH excluding ortho intramolecular Hbond substituents is 1. The van der Waals surface area contributed by atoms with Gasteiger partial charge in [-0.25, -0.2) is 0 Å². The Labute approximate surface area is 154 Å². The smallest absolute Gasteiger partial charge is 0.174 e. The lowest BCUT2D eigenvalue weighted by atomic mass is 9.57. The molecule has 1 aromatic rings. The zero-order valence-corrected chi connectivity index (χ0v) is 14.8. The van der Waals surface area contributed by atoms with Gasteiger partial charge in [0.15, 0.2) is 11.6 Å². The Morgan fingerprint density at radius 3 is 2.58 bits per heavy atom. The van der Waals surface area contributed by atoms with Crippen LogP contribution in [0.4, 0.5) is 0 Å². The number of fused-ring (bicyclic) bond motifs is 3. The molecule has 0 aliphatic heterocycles. The zero-order valence-electron chi connectivity index (χ0n) is 14.0. The van der Waals surface area contributed by atoms with Crippen LogP contribution in [0.2, 0.25) is 0 Å². The van der Waals surface area contributed by atoms with Crippen molar-refractivity contribution in [1.82, 2.24) is 0 Å². The Balaban J connectivity index is 2.01. The number of alkyl halides is 1. The van der Waals surface area contributed by atoms with Crippen LogP contribution in [0.15, 0.2) is 29.3 Å². The molecule has 0 spiro atoms. The average molecular weight is 379 g/mol. The third kappa shape index (κ3) is 2.04. The number of carbonyl (C=O) groups is 2. The fourth-order valence-corrected chi connectivity index (χ4v) is 5.11. The first-order valence-corrected chi connectivity index (χ1v) is 8.98. The van der Waals surface area contributed by atoms with E-state index in [1.54, 1.807) is 0 Å². The molecule has 4 rings (SSSR count). The van der Waals surface area contributed by atoms with Crippen LogP contribution in [-0.2, 0) is 4.79 Å². The maximum absolute atomic E-state index is 13.2. The highest BCUT2D eigenvalue weighted by atomic mass is 35.5. The van der Waals surface area contributed by atoms with Crippen LogP contribution in [-0.4, -0.2) is 49.1 Å². The molecule has 0 saturated heterocycles. The third-order valence-corrected chi connectivity index (χ3v) is 6.41. The second-order valence-corrected chi connectivity index (χ2v) is 8.02. The minimum absolute atomic E-state index is 0.0147. The summed E-state index contributed by atoms with van der Waals surface area (Å²) in [6, 6.07) is 4.16. The van der Waals surface area contributed by atoms with E-state index in [9.17, 15) is 30.0 Å². The topological polar surface area (TPSA) is 115 Å². The van der Waals surface area contributed by atoms with Crippen LogP contribution in [0.25, 0.3) is 0 Å². The van der Waals surface area contributed by atoms with Crippen LogP contribution in [0.3, 0.4) is 0 Å². The Hall–Kier alpha value is -1.73. The lowest BCUT2D eigenvalue weighted by Gasteiger charge is -2.52. The summed E-state index contributed by atoms with van der Waals surface area (Å²) in [5.41, 5.74) is -1.94. The minimum atomic E-state index is -2.38. The molecule has 0 radical (unpaired) electrons. The highest BCUT2D eigenvalue weighted by Crippen LogP contribution is 2.55. The van der Waals surface area contributed by atoms with Gasteiger partial charge in [0.2, 0.25) is 0 Å². The second-order valence-electron chi connectivity index (χ2n) is 7.55. The van der Waals surface area contributed by atoms with Crippen molar-refractivity contribution in [2.75, 3.05) is 0 Å². The van der Waals surface area contributed by atoms with Gasteiger partial charge in [-0.3, -0.25) is 9.59 Å². The van der Waals surface area contributed by atoms with Gasteiger partial charge in [0.1, 0.15) is 23.6 Å². The van der Waals surface area contributed by atoms with E-state index in [2.05, 4.69) is 0 Å². The summed E-state index contributed by atoms with van der Waals surface area (Å²) in [6.07, 6.45) is -2.78. The molecule has 6 atom stereocenters. The van der Waals surface area contributed by atoms with Crippen molar-refractivity contribution in [1.29, 1.82) is 0 Å². The summed E-state index contributed by atoms with van der Waals surface area (Å²) in [6.45, 7) is 1.88. The normalized spacial score (nSPS) is 39.3. The maximum Gasteiger partial charge on any atom is 0.174 e. The van der Waals surface area contributed by atoms with Crippen molar-refractivity contribution >= 4 is 23.2 Å². The van der Waals surface area contributed by atoms with E-state index < -0.39 is 34.9 Å². The number of aromatic hydroxyl groups is 1. The van der Waals surface area contributed by atoms with Gasteiger partial charge in [-0.2, -0.15) is 0 Å². The van der Waals surface area contributed by atoms with Crippen LogP contribution < -0.4 is 0 Å². The number of halogens is 1. The van der Waals surface area contributed by atoms with Gasteiger partial charge < -0.3 is 20.4 Å². The summed E-state index contributed by atoms with van der Waals surface area (Å²) in [5.74, 6) is -2.67. The van der Waals surface area contributed by atoms with E-state index in [0.717, 1.165) is 0 Å². The van der Waals surface area contributed by atoms with Crippen molar-refractivity contribution in [3.05, 3.63) is 40.5 Å². The quantitative estimate of drug-likeness (QED) is 0.505. The molecular formula is C19H19ClO6. The summed E-state index contributed by atoms with van der Waals surface area (Å²) < 4.78 is 0. The van der Waals surface area contributed by atoms with Gasteiger partial charge in [0.05, 0.1) is 11.3 Å². The highest BCUT2D eigenvalue weighted by molar-refractivity contribution is 6.24. The van der Waals surface area contributed by atoms with Crippen molar-refractivity contribution in [2.45, 2.75) is 43.0 Å². The van der Waals surface area contributed by atoms with Crippen LogP contribution in [0.5, 0.6) is 5.75 Å². The molecule has 3 aliphatic rings. The van der Waals surface area contributed by atoms with Gasteiger partial charge in [0.25, 0.3) is 0 Å². The molecule has 138 valence electrons. The van der Waals surface area contributed by atoms with Crippen LogP contribution >= 0.6 is 11.6 Å². The van der Waals surface area contributed by atoms with Gasteiger partial charge in [-0.05, 0) is 24.0 Å². The first kappa shape index (κ1) is 17.7. The highest BCUT2D eigenvalue weighted by Gasteiger charge is 2.64. The second kappa shape index (κ2) is 5.63. The molecule has 0 bridgehead atoms. The Bertz CT molecular complexity index is 862. The first-order valence-electron chi connectivity index (χ1n) is 8.54. The monoisotopic (exact) mass is 378 g/mol. The fourth-order valence-electron chi connectivity index (χ4n) is 4.70. The van der Waals surface area contributed by atoms with Crippen molar-refractivity contribution in [3.8, 4) is 5.75 Å². The largest absolute Gasteiger partial charge is 0.508 e. The predicted molar refractivity (Wildman–Crippen MR) is 91.9 cm³/mol. The number of benzene rings is 1. The van der Waals surface area contributed by atoms with Gasteiger partial charge in [-0.1, -0.05) is 19.1 Å². The number of hydrogen-bond acceptors (Lipinski definition) is 6. The first-order chi connectivity index (χ1) is 12.2. The number of aliphatic hydroxyl groups is 3. The van der Waals surface area contributed by atoms with E-state index >= 15 is 0 Å². The molecule has 26 heavy (non-hydrogen) atoms. The summed E-state index contributed by atoms with van der Waals surface area (Å²) in [5, 5.41) is 41.8. The molecule has 3 aliphatic carbocycles. The molecular weight excluding hydrogens is 360 g/mol. The number of carbonyl (C=O) groups excluding carboxylic acids is 2. The van der Waals surface area contributed by atoms with Gasteiger partial charge >= 0.3 is 0 Å². The maximum atomic E-state index is 13.2. The Morgan fingerprint density at radius 1 is 1.19 bits per heavy atom. The Morgan fingerprint density at radius 2 is 1.88 bits per heavy atom. The summed E-state index contributed by atoms with van der Waals surface area (Å²) in [4.78, 5) is 25.9. The third-order valence-electron chi connectivity index (χ3n) is 5.91. The average Bonchev–Trinajstić information content (AvgIpc) is 2.58. The van der Waals surface area contributed by atoms with E-state index in [1.807, 2.05) is 6.92 Å². The minimum Gasteiger partial charge on any atom is -0.508 e. The van der Waals surface area contributed by atoms with Crippen LogP contribution in [0.1, 0.15) is 41.8 Å². The molecule has 4 N–H and O–H groups in total. The molecule has 0 amide bonds. The van der Waals surface area contributed by atoms with Crippen molar-refractivity contribution < 1.29 is 30.0 Å². The van der Waals surface area contributed by atoms with E-state index in [1.165, 1.54) is 18.2 Å². The SMILES string of the molecule is C[C@@H]1CC(=O)C2=C(C1)[C@@H](Cl)[C@@H](O)[C@]1(O)[C@@H]2C(=O)c2cccc(O)c2[C@@H]1O. The van der Waals surface area contributed by atoms with E-state index in [0.29, 0.717) is 12.0 Å². The molecule has 0 heterocycles. The Kier molecular flexibility index (Phi) is 3.83. The van der Waals surface area contributed by atoms with Crippen LogP contribution in [0, 0.1) is 11.8 Å². The van der Waals surface area contributed by atoms with Gasteiger partial charge in [0, 0.05) is 23.1 Å². The molecule has 0 saturated carbocycles. The van der Waals surface area contributed by atoms with Crippen molar-refractivity contribution in [3.63, 3.8) is 0 Å². The number of hydrogen-bond donors (Lipinski definition) is 4. The van der Waals surface area contributed by atoms with E-state index in [-0.39, 0.29) is 40.6 Å². The molecule has 0 unspecified atom stereocenters. The lowest BCUT2D eigenvalue weighted by Crippen LogP contribution is -2.65. The van der Waals surface area contributed by atoms with Gasteiger partial charge in [-0.15, -0.1) is 11.6 Å². The van der Waals surface area contributed by atoms with E-state index in [4.69, 9.17) is 11.6 Å². The van der Waals surface area contributed by atoms with Crippen molar-refractivity contribution in [2.24, 2.45) is 11.8 Å². The summed E-state index contributed by atoms with van der Waals surface area (Å²) in [7, 11) is 0. The summed E-state index contributed by atoms with van der Waals surface area (Å²) >= 11 is 6.36. The lowest BCUT2D eigenvalue weighted by molar-refractivity contribution is -0.173. The number of phenols is 1. The molecule has 0 fully saturated rings. The predicted octanol–water partition coefficient (Wildman–Crippen LogP) is 1.25.